The number of Topliss-reactive ketones (excluding diaryl/α,β-unsaturated/α-hetero) is 1. The van der Waals surface area contributed by atoms with Crippen LogP contribution >= 0.6 is 0 Å². The highest BCUT2D eigenvalue weighted by Gasteiger charge is 2.24. The fourth-order valence-electron chi connectivity index (χ4n) is 1.95. The van der Waals surface area contributed by atoms with Crippen molar-refractivity contribution in [1.82, 2.24) is 0 Å². The SMILES string of the molecule is C=C(C)C(=O)OCC(Oc1cccc(O)c1)C(=O)c1ccccc1. The van der Waals surface area contributed by atoms with Gasteiger partial charge in [-0.1, -0.05) is 43.0 Å². The zero-order valence-corrected chi connectivity index (χ0v) is 13.3. The topological polar surface area (TPSA) is 72.8 Å². The average Bonchev–Trinajstić information content (AvgIpc) is 2.58. The van der Waals surface area contributed by atoms with E-state index in [1.165, 1.54) is 19.1 Å². The number of phenols is 1. The maximum atomic E-state index is 12.6. The number of aromatic hydroxyl groups is 1. The van der Waals surface area contributed by atoms with Crippen molar-refractivity contribution < 1.29 is 24.2 Å². The number of phenolic OH excluding ortho intramolecular Hbond substituents is 1. The molecule has 24 heavy (non-hydrogen) atoms. The first-order valence-electron chi connectivity index (χ1n) is 7.35. The Bertz CT molecular complexity index is 736. The minimum atomic E-state index is -1.03. The molecule has 0 amide bonds. The maximum absolute atomic E-state index is 12.6. The number of hydrogen-bond acceptors (Lipinski definition) is 5. The van der Waals surface area contributed by atoms with Gasteiger partial charge in [0.15, 0.2) is 6.10 Å². The molecule has 5 nitrogen and oxygen atoms in total. The highest BCUT2D eigenvalue weighted by atomic mass is 16.6. The summed E-state index contributed by atoms with van der Waals surface area (Å²) in [5.41, 5.74) is 0.673. The van der Waals surface area contributed by atoms with E-state index in [4.69, 9.17) is 9.47 Å². The van der Waals surface area contributed by atoms with Gasteiger partial charge in [-0.3, -0.25) is 4.79 Å². The molecule has 2 aromatic carbocycles. The fraction of sp³-hybridized carbons (Fsp3) is 0.158. The van der Waals surface area contributed by atoms with E-state index in [0.717, 1.165) is 0 Å². The summed E-state index contributed by atoms with van der Waals surface area (Å²) < 4.78 is 10.7. The van der Waals surface area contributed by atoms with E-state index in [0.29, 0.717) is 11.3 Å². The summed E-state index contributed by atoms with van der Waals surface area (Å²) in [6.45, 7) is 4.76. The highest BCUT2D eigenvalue weighted by Crippen LogP contribution is 2.20. The van der Waals surface area contributed by atoms with Crippen molar-refractivity contribution in [2.24, 2.45) is 0 Å². The lowest BCUT2D eigenvalue weighted by Crippen LogP contribution is -2.33. The predicted octanol–water partition coefficient (Wildman–Crippen LogP) is 3.14. The molecular weight excluding hydrogens is 308 g/mol. The fourth-order valence-corrected chi connectivity index (χ4v) is 1.95. The molecular formula is C19H18O5. The Morgan fingerprint density at radius 1 is 1.12 bits per heavy atom. The monoisotopic (exact) mass is 326 g/mol. The number of esters is 1. The van der Waals surface area contributed by atoms with E-state index in [1.54, 1.807) is 42.5 Å². The van der Waals surface area contributed by atoms with Crippen LogP contribution in [0.1, 0.15) is 17.3 Å². The number of ketones is 1. The summed E-state index contributed by atoms with van der Waals surface area (Å²) in [7, 11) is 0. The van der Waals surface area contributed by atoms with Crippen LogP contribution in [0, 0.1) is 0 Å². The first-order chi connectivity index (χ1) is 11.5. The van der Waals surface area contributed by atoms with Crippen molar-refractivity contribution >= 4 is 11.8 Å². The molecule has 0 fully saturated rings. The summed E-state index contributed by atoms with van der Waals surface area (Å²) in [6.07, 6.45) is -1.03. The van der Waals surface area contributed by atoms with Crippen molar-refractivity contribution in [1.29, 1.82) is 0 Å². The second kappa shape index (κ2) is 7.97. The van der Waals surface area contributed by atoms with Crippen LogP contribution in [0.25, 0.3) is 0 Å². The second-order valence-corrected chi connectivity index (χ2v) is 5.21. The van der Waals surface area contributed by atoms with Crippen molar-refractivity contribution in [3.05, 3.63) is 72.3 Å². The van der Waals surface area contributed by atoms with Crippen LogP contribution in [-0.2, 0) is 9.53 Å². The number of carbonyl (C=O) groups is 2. The van der Waals surface area contributed by atoms with Crippen LogP contribution in [0.3, 0.4) is 0 Å². The zero-order valence-electron chi connectivity index (χ0n) is 13.3. The van der Waals surface area contributed by atoms with E-state index >= 15 is 0 Å². The molecule has 0 spiro atoms. The summed E-state index contributed by atoms with van der Waals surface area (Å²) >= 11 is 0. The van der Waals surface area contributed by atoms with Crippen LogP contribution < -0.4 is 4.74 Å². The van der Waals surface area contributed by atoms with Crippen LogP contribution in [0.2, 0.25) is 0 Å². The van der Waals surface area contributed by atoms with Crippen molar-refractivity contribution in [2.75, 3.05) is 6.61 Å². The molecule has 0 aromatic heterocycles. The second-order valence-electron chi connectivity index (χ2n) is 5.21. The van der Waals surface area contributed by atoms with Gasteiger partial charge in [0.2, 0.25) is 5.78 Å². The smallest absolute Gasteiger partial charge is 0.333 e. The third-order valence-electron chi connectivity index (χ3n) is 3.16. The summed E-state index contributed by atoms with van der Waals surface area (Å²) in [4.78, 5) is 24.2. The number of benzene rings is 2. The largest absolute Gasteiger partial charge is 0.508 e. The standard InChI is InChI=1S/C19H18O5/c1-13(2)19(22)23-12-17(18(21)14-7-4-3-5-8-14)24-16-10-6-9-15(20)11-16/h3-11,17,20H,1,12H2,2H3. The molecule has 1 unspecified atom stereocenters. The highest BCUT2D eigenvalue weighted by molar-refractivity contribution is 6.00. The lowest BCUT2D eigenvalue weighted by Gasteiger charge is -2.18. The summed E-state index contributed by atoms with van der Waals surface area (Å²) in [5, 5.41) is 9.51. The Hall–Kier alpha value is -3.08. The molecule has 0 saturated carbocycles. The van der Waals surface area contributed by atoms with E-state index in [1.807, 2.05) is 0 Å². The molecule has 1 N–H and O–H groups in total. The summed E-state index contributed by atoms with van der Waals surface area (Å²) in [5.74, 6) is -0.609. The van der Waals surface area contributed by atoms with Crippen LogP contribution in [0.5, 0.6) is 11.5 Å². The van der Waals surface area contributed by atoms with Crippen molar-refractivity contribution in [3.63, 3.8) is 0 Å². The Kier molecular flexibility index (Phi) is 5.73. The van der Waals surface area contributed by atoms with Gasteiger partial charge in [0.05, 0.1) is 0 Å². The predicted molar refractivity (Wildman–Crippen MR) is 89.1 cm³/mol. The van der Waals surface area contributed by atoms with Crippen molar-refractivity contribution in [3.8, 4) is 11.5 Å². The van der Waals surface area contributed by atoms with Crippen molar-refractivity contribution in [2.45, 2.75) is 13.0 Å². The Morgan fingerprint density at radius 2 is 1.83 bits per heavy atom. The Morgan fingerprint density at radius 3 is 2.46 bits per heavy atom. The van der Waals surface area contributed by atoms with Gasteiger partial charge in [0.1, 0.15) is 18.1 Å². The van der Waals surface area contributed by atoms with Gasteiger partial charge in [-0.15, -0.1) is 0 Å². The molecule has 0 aliphatic carbocycles. The molecule has 1 atom stereocenters. The van der Waals surface area contributed by atoms with Gasteiger partial charge in [-0.25, -0.2) is 4.79 Å². The number of hydrogen-bond donors (Lipinski definition) is 1. The van der Waals surface area contributed by atoms with Gasteiger partial charge in [0.25, 0.3) is 0 Å². The van der Waals surface area contributed by atoms with Gasteiger partial charge >= 0.3 is 5.97 Å². The minimum Gasteiger partial charge on any atom is -0.508 e. The molecule has 0 saturated heterocycles. The first-order valence-corrected chi connectivity index (χ1v) is 7.35. The van der Waals surface area contributed by atoms with E-state index in [9.17, 15) is 14.7 Å². The average molecular weight is 326 g/mol. The molecule has 0 heterocycles. The van der Waals surface area contributed by atoms with Gasteiger partial charge in [0, 0.05) is 17.2 Å². The van der Waals surface area contributed by atoms with Crippen LogP contribution in [0.15, 0.2) is 66.7 Å². The molecule has 2 rings (SSSR count). The Labute approximate surface area is 140 Å². The van der Waals surface area contributed by atoms with Gasteiger partial charge in [-0.2, -0.15) is 0 Å². The van der Waals surface area contributed by atoms with Gasteiger partial charge in [-0.05, 0) is 19.1 Å². The van der Waals surface area contributed by atoms with E-state index < -0.39 is 12.1 Å². The third-order valence-corrected chi connectivity index (χ3v) is 3.16. The quantitative estimate of drug-likeness (QED) is 0.481. The third kappa shape index (κ3) is 4.71. The lowest BCUT2D eigenvalue weighted by molar-refractivity contribution is -0.140. The molecule has 0 aliphatic rings. The molecule has 2 aromatic rings. The number of ether oxygens (including phenoxy) is 2. The van der Waals surface area contributed by atoms with Gasteiger partial charge < -0.3 is 14.6 Å². The maximum Gasteiger partial charge on any atom is 0.333 e. The van der Waals surface area contributed by atoms with Crippen LogP contribution in [-0.4, -0.2) is 29.6 Å². The molecule has 0 bridgehead atoms. The van der Waals surface area contributed by atoms with E-state index in [-0.39, 0.29) is 23.7 Å². The number of rotatable bonds is 7. The minimum absolute atomic E-state index is 0.0114. The molecule has 5 heteroatoms. The molecule has 0 aliphatic heterocycles. The first kappa shape index (κ1) is 17.3. The van der Waals surface area contributed by atoms with E-state index in [2.05, 4.69) is 6.58 Å². The normalized spacial score (nSPS) is 11.4. The number of carbonyl (C=O) groups excluding carboxylic acids is 2. The zero-order chi connectivity index (χ0) is 17.5. The Balaban J connectivity index is 2.18. The molecule has 0 radical (unpaired) electrons. The summed E-state index contributed by atoms with van der Waals surface area (Å²) in [6, 6.07) is 14.6. The van der Waals surface area contributed by atoms with Crippen LogP contribution in [0.4, 0.5) is 0 Å². The lowest BCUT2D eigenvalue weighted by atomic mass is 10.1. The molecule has 124 valence electrons.